The van der Waals surface area contributed by atoms with E-state index in [9.17, 15) is 0 Å². The van der Waals surface area contributed by atoms with Crippen LogP contribution < -0.4 is 5.32 Å². The molecule has 2 heterocycles. The summed E-state index contributed by atoms with van der Waals surface area (Å²) in [5.41, 5.74) is 3.53. The molecule has 0 radical (unpaired) electrons. The minimum Gasteiger partial charge on any atom is -0.316 e. The molecule has 1 N–H and O–H groups in total. The van der Waals surface area contributed by atoms with Crippen LogP contribution in [0.2, 0.25) is 5.02 Å². The molecule has 3 rings (SSSR count). The summed E-state index contributed by atoms with van der Waals surface area (Å²) in [6.45, 7) is 2.23. The molecule has 1 unspecified atom stereocenters. The lowest BCUT2D eigenvalue weighted by atomic mass is 9.97. The fourth-order valence-electron chi connectivity index (χ4n) is 2.77. The number of halogens is 1. The molecule has 3 nitrogen and oxygen atoms in total. The molecule has 19 heavy (non-hydrogen) atoms. The Bertz CT molecular complexity index is 571. The lowest BCUT2D eigenvalue weighted by molar-refractivity contribution is 0.549. The third-order valence-corrected chi connectivity index (χ3v) is 4.20. The fraction of sp³-hybridized carbons (Fsp3) is 0.400. The Morgan fingerprint density at radius 1 is 1.37 bits per heavy atom. The van der Waals surface area contributed by atoms with Crippen LogP contribution in [0.5, 0.6) is 0 Å². The molecule has 1 fully saturated rings. The van der Waals surface area contributed by atoms with Gasteiger partial charge in [-0.15, -0.1) is 0 Å². The topological polar surface area (TPSA) is 29.9 Å². The van der Waals surface area contributed by atoms with Crippen LogP contribution in [0.1, 0.15) is 12.1 Å². The van der Waals surface area contributed by atoms with Gasteiger partial charge in [0.15, 0.2) is 0 Å². The van der Waals surface area contributed by atoms with Crippen LogP contribution >= 0.6 is 11.6 Å². The monoisotopic (exact) mass is 275 g/mol. The largest absolute Gasteiger partial charge is 0.316 e. The summed E-state index contributed by atoms with van der Waals surface area (Å²) in [5.74, 6) is 0.705. The number of rotatable bonds is 3. The van der Waals surface area contributed by atoms with Crippen LogP contribution in [0.25, 0.3) is 11.1 Å². The number of nitrogens with one attached hydrogen (secondary N) is 1. The summed E-state index contributed by atoms with van der Waals surface area (Å²) in [5, 5.41) is 8.63. The highest BCUT2D eigenvalue weighted by molar-refractivity contribution is 6.33. The van der Waals surface area contributed by atoms with Gasteiger partial charge in [-0.1, -0.05) is 29.8 Å². The van der Waals surface area contributed by atoms with Crippen molar-refractivity contribution in [2.24, 2.45) is 13.0 Å². The standard InChI is InChI=1S/C15H18ClN3/c1-19-15(8-11-6-7-17-9-11)13(10-18-19)12-4-2-3-5-14(12)16/h2-5,10-11,17H,6-9H2,1H3. The number of aromatic nitrogens is 2. The van der Waals surface area contributed by atoms with E-state index in [2.05, 4.69) is 16.5 Å². The van der Waals surface area contributed by atoms with Crippen molar-refractivity contribution in [3.63, 3.8) is 0 Å². The summed E-state index contributed by atoms with van der Waals surface area (Å²) < 4.78 is 1.98. The van der Waals surface area contributed by atoms with E-state index in [-0.39, 0.29) is 0 Å². The predicted molar refractivity (Wildman–Crippen MR) is 78.3 cm³/mol. The fourth-order valence-corrected chi connectivity index (χ4v) is 3.01. The first kappa shape index (κ1) is 12.7. The van der Waals surface area contributed by atoms with Crippen LogP contribution in [-0.2, 0) is 13.5 Å². The highest BCUT2D eigenvalue weighted by atomic mass is 35.5. The van der Waals surface area contributed by atoms with Crippen LogP contribution in [-0.4, -0.2) is 22.9 Å². The minimum atomic E-state index is 0.705. The second kappa shape index (κ2) is 5.35. The normalized spacial score (nSPS) is 18.9. The minimum absolute atomic E-state index is 0.705. The highest BCUT2D eigenvalue weighted by Crippen LogP contribution is 2.31. The Morgan fingerprint density at radius 3 is 2.95 bits per heavy atom. The number of hydrogen-bond donors (Lipinski definition) is 1. The van der Waals surface area contributed by atoms with Gasteiger partial charge < -0.3 is 5.32 Å². The second-order valence-corrected chi connectivity index (χ2v) is 5.58. The zero-order valence-electron chi connectivity index (χ0n) is 11.1. The van der Waals surface area contributed by atoms with Crippen LogP contribution in [0.15, 0.2) is 30.5 Å². The van der Waals surface area contributed by atoms with E-state index >= 15 is 0 Å². The van der Waals surface area contributed by atoms with Gasteiger partial charge in [0.2, 0.25) is 0 Å². The summed E-state index contributed by atoms with van der Waals surface area (Å²) in [6.07, 6.45) is 4.23. The summed E-state index contributed by atoms with van der Waals surface area (Å²) in [7, 11) is 2.01. The predicted octanol–water partition coefficient (Wildman–Crippen LogP) is 2.89. The van der Waals surface area contributed by atoms with E-state index < -0.39 is 0 Å². The molecule has 1 aromatic heterocycles. The molecule has 0 bridgehead atoms. The molecule has 1 saturated heterocycles. The van der Waals surface area contributed by atoms with Crippen molar-refractivity contribution in [1.29, 1.82) is 0 Å². The molecule has 2 aromatic rings. The van der Waals surface area contributed by atoms with Gasteiger partial charge in [0, 0.05) is 28.9 Å². The molecule has 4 heteroatoms. The molecule has 1 atom stereocenters. The van der Waals surface area contributed by atoms with Gasteiger partial charge in [0.25, 0.3) is 0 Å². The average molecular weight is 276 g/mol. The van der Waals surface area contributed by atoms with Crippen molar-refractivity contribution >= 4 is 11.6 Å². The Hall–Kier alpha value is -1.32. The number of benzene rings is 1. The molecule has 0 spiro atoms. The molecular weight excluding hydrogens is 258 g/mol. The first-order chi connectivity index (χ1) is 9.25. The Labute approximate surface area is 118 Å². The van der Waals surface area contributed by atoms with E-state index in [0.717, 1.165) is 30.1 Å². The van der Waals surface area contributed by atoms with Crippen molar-refractivity contribution in [2.75, 3.05) is 13.1 Å². The highest BCUT2D eigenvalue weighted by Gasteiger charge is 2.20. The van der Waals surface area contributed by atoms with Gasteiger partial charge in [-0.05, 0) is 37.9 Å². The molecule has 1 aliphatic heterocycles. The Morgan fingerprint density at radius 2 is 2.21 bits per heavy atom. The van der Waals surface area contributed by atoms with Gasteiger partial charge in [0.1, 0.15) is 0 Å². The Balaban J connectivity index is 1.96. The third-order valence-electron chi connectivity index (χ3n) is 3.87. The van der Waals surface area contributed by atoms with E-state index in [1.165, 1.54) is 17.7 Å². The summed E-state index contributed by atoms with van der Waals surface area (Å²) >= 11 is 6.31. The SMILES string of the molecule is Cn1ncc(-c2ccccc2Cl)c1CC1CCNC1. The maximum atomic E-state index is 6.31. The summed E-state index contributed by atoms with van der Waals surface area (Å²) in [6, 6.07) is 7.98. The molecule has 0 amide bonds. The lowest BCUT2D eigenvalue weighted by Gasteiger charge is -2.12. The van der Waals surface area contributed by atoms with Crippen LogP contribution in [0.4, 0.5) is 0 Å². The second-order valence-electron chi connectivity index (χ2n) is 5.17. The molecular formula is C15H18ClN3. The number of hydrogen-bond acceptors (Lipinski definition) is 2. The van der Waals surface area contributed by atoms with Crippen LogP contribution in [0, 0.1) is 5.92 Å². The van der Waals surface area contributed by atoms with Crippen molar-refractivity contribution < 1.29 is 0 Å². The maximum absolute atomic E-state index is 6.31. The molecule has 100 valence electrons. The maximum Gasteiger partial charge on any atom is 0.0571 e. The zero-order valence-corrected chi connectivity index (χ0v) is 11.8. The van der Waals surface area contributed by atoms with Gasteiger partial charge >= 0.3 is 0 Å². The first-order valence-corrected chi connectivity index (χ1v) is 7.10. The van der Waals surface area contributed by atoms with Gasteiger partial charge in [-0.2, -0.15) is 5.10 Å². The van der Waals surface area contributed by atoms with Crippen molar-refractivity contribution in [3.8, 4) is 11.1 Å². The zero-order chi connectivity index (χ0) is 13.2. The van der Waals surface area contributed by atoms with E-state index in [0.29, 0.717) is 5.92 Å². The molecule has 1 aliphatic rings. The van der Waals surface area contributed by atoms with Crippen molar-refractivity contribution in [1.82, 2.24) is 15.1 Å². The molecule has 0 saturated carbocycles. The van der Waals surface area contributed by atoms with E-state index in [1.54, 1.807) is 0 Å². The number of nitrogens with zero attached hydrogens (tertiary/aromatic N) is 2. The third kappa shape index (κ3) is 2.53. The van der Waals surface area contributed by atoms with Gasteiger partial charge in [0.05, 0.1) is 6.20 Å². The molecule has 0 aliphatic carbocycles. The lowest BCUT2D eigenvalue weighted by Crippen LogP contribution is -2.13. The van der Waals surface area contributed by atoms with Crippen molar-refractivity contribution in [3.05, 3.63) is 41.2 Å². The average Bonchev–Trinajstić information content (AvgIpc) is 3.03. The Kier molecular flexibility index (Phi) is 3.58. The van der Waals surface area contributed by atoms with E-state index in [1.807, 2.05) is 36.1 Å². The molecule has 1 aromatic carbocycles. The van der Waals surface area contributed by atoms with Crippen molar-refractivity contribution in [2.45, 2.75) is 12.8 Å². The number of aryl methyl sites for hydroxylation is 1. The quantitative estimate of drug-likeness (QED) is 0.933. The van der Waals surface area contributed by atoms with Crippen LogP contribution in [0.3, 0.4) is 0 Å². The van der Waals surface area contributed by atoms with Gasteiger partial charge in [-0.3, -0.25) is 4.68 Å². The smallest absolute Gasteiger partial charge is 0.0571 e. The van der Waals surface area contributed by atoms with E-state index in [4.69, 9.17) is 11.6 Å². The first-order valence-electron chi connectivity index (χ1n) is 6.72. The van der Waals surface area contributed by atoms with Gasteiger partial charge in [-0.25, -0.2) is 0 Å². The summed E-state index contributed by atoms with van der Waals surface area (Å²) in [4.78, 5) is 0.